The van der Waals surface area contributed by atoms with Crippen molar-refractivity contribution in [2.24, 2.45) is 0 Å². The Kier molecular flexibility index (Phi) is 9.49. The standard InChI is InChI=1S/C23H28ClN5O5S2/c1-14-21(35-23(27-14)28-15(2)30)17-10-19(22(24)26-13-17)29-36(31,32)9-5-8-25-12-16-6-7-18(33-3)11-20(16)34-4/h6-7,10-11,13,25,29H,5,8-9,12H2,1-4H3,(H,27,28,30). The van der Waals surface area contributed by atoms with Crippen molar-refractivity contribution in [3.8, 4) is 21.9 Å². The summed E-state index contributed by atoms with van der Waals surface area (Å²) in [5, 5.41) is 6.36. The highest BCUT2D eigenvalue weighted by Crippen LogP contribution is 2.35. The largest absolute Gasteiger partial charge is 0.497 e. The molecule has 0 fully saturated rings. The minimum atomic E-state index is -3.67. The number of thiazole rings is 1. The number of nitrogens with one attached hydrogen (secondary N) is 3. The Labute approximate surface area is 219 Å². The van der Waals surface area contributed by atoms with E-state index in [1.807, 2.05) is 12.1 Å². The number of pyridine rings is 1. The number of carbonyl (C=O) groups is 1. The number of rotatable bonds is 12. The average molecular weight is 554 g/mol. The first-order valence-electron chi connectivity index (χ1n) is 10.9. The van der Waals surface area contributed by atoms with E-state index in [2.05, 4.69) is 25.3 Å². The van der Waals surface area contributed by atoms with Gasteiger partial charge in [0, 0.05) is 36.9 Å². The van der Waals surface area contributed by atoms with Crippen molar-refractivity contribution in [2.45, 2.75) is 26.8 Å². The van der Waals surface area contributed by atoms with Gasteiger partial charge in [0.05, 0.1) is 36.2 Å². The summed E-state index contributed by atoms with van der Waals surface area (Å²) in [6.45, 7) is 4.20. The van der Waals surface area contributed by atoms with E-state index in [0.717, 1.165) is 10.4 Å². The van der Waals surface area contributed by atoms with Crippen LogP contribution in [0.15, 0.2) is 30.5 Å². The van der Waals surface area contributed by atoms with Gasteiger partial charge in [0.1, 0.15) is 11.5 Å². The van der Waals surface area contributed by atoms with Crippen molar-refractivity contribution in [1.82, 2.24) is 15.3 Å². The van der Waals surface area contributed by atoms with Crippen molar-refractivity contribution in [3.05, 3.63) is 46.9 Å². The highest BCUT2D eigenvalue weighted by molar-refractivity contribution is 7.92. The zero-order valence-electron chi connectivity index (χ0n) is 20.3. The quantitative estimate of drug-likeness (QED) is 0.226. The van der Waals surface area contributed by atoms with Gasteiger partial charge in [-0.05, 0) is 32.0 Å². The Hall–Kier alpha value is -2.93. The maximum atomic E-state index is 12.7. The fraction of sp³-hybridized carbons (Fsp3) is 0.348. The SMILES string of the molecule is COc1ccc(CNCCCS(=O)(=O)Nc2cc(-c3sc(NC(C)=O)nc3C)cnc2Cl)c(OC)c1. The van der Waals surface area contributed by atoms with E-state index in [1.165, 1.54) is 24.5 Å². The van der Waals surface area contributed by atoms with Crippen LogP contribution in [-0.2, 0) is 21.4 Å². The highest BCUT2D eigenvalue weighted by Gasteiger charge is 2.17. The molecule has 0 aliphatic rings. The molecule has 0 saturated heterocycles. The fourth-order valence-corrected chi connectivity index (χ4v) is 5.66. The summed E-state index contributed by atoms with van der Waals surface area (Å²) < 4.78 is 38.5. The normalized spacial score (nSPS) is 11.2. The molecule has 0 spiro atoms. The summed E-state index contributed by atoms with van der Waals surface area (Å²) in [5.41, 5.74) is 2.44. The van der Waals surface area contributed by atoms with Crippen LogP contribution >= 0.6 is 22.9 Å². The molecule has 10 nitrogen and oxygen atoms in total. The second kappa shape index (κ2) is 12.3. The number of amides is 1. The number of ether oxygens (including phenoxy) is 2. The molecule has 0 aliphatic carbocycles. The lowest BCUT2D eigenvalue weighted by molar-refractivity contribution is -0.114. The number of carbonyl (C=O) groups excluding carboxylic acids is 1. The van der Waals surface area contributed by atoms with E-state index in [0.29, 0.717) is 47.4 Å². The molecule has 3 N–H and O–H groups in total. The first kappa shape index (κ1) is 27.7. The van der Waals surface area contributed by atoms with Crippen molar-refractivity contribution in [1.29, 1.82) is 0 Å². The van der Waals surface area contributed by atoms with Gasteiger partial charge >= 0.3 is 0 Å². The summed E-state index contributed by atoms with van der Waals surface area (Å²) in [7, 11) is -0.493. The number of methoxy groups -OCH3 is 2. The van der Waals surface area contributed by atoms with Crippen LogP contribution in [0.5, 0.6) is 11.5 Å². The number of sulfonamides is 1. The third kappa shape index (κ3) is 7.53. The van der Waals surface area contributed by atoms with Gasteiger partial charge in [-0.3, -0.25) is 9.52 Å². The zero-order chi connectivity index (χ0) is 26.3. The summed E-state index contributed by atoms with van der Waals surface area (Å²) in [6.07, 6.45) is 1.92. The first-order chi connectivity index (χ1) is 17.1. The summed E-state index contributed by atoms with van der Waals surface area (Å²) in [5.74, 6) is 1.06. The second-order valence-corrected chi connectivity index (χ2v) is 11.0. The molecule has 0 unspecified atom stereocenters. The number of hydrogen-bond donors (Lipinski definition) is 3. The van der Waals surface area contributed by atoms with Crippen LogP contribution in [0, 0.1) is 6.92 Å². The molecule has 0 bridgehead atoms. The lowest BCUT2D eigenvalue weighted by Crippen LogP contribution is -2.22. The van der Waals surface area contributed by atoms with Gasteiger partial charge in [-0.2, -0.15) is 0 Å². The minimum absolute atomic E-state index is 0.0382. The van der Waals surface area contributed by atoms with Crippen molar-refractivity contribution in [3.63, 3.8) is 0 Å². The average Bonchev–Trinajstić information content (AvgIpc) is 3.19. The van der Waals surface area contributed by atoms with Crippen LogP contribution in [0.1, 0.15) is 24.6 Å². The molecule has 2 heterocycles. The molecule has 3 rings (SSSR count). The van der Waals surface area contributed by atoms with Crippen LogP contribution in [0.3, 0.4) is 0 Å². The number of aryl methyl sites for hydroxylation is 1. The van der Waals surface area contributed by atoms with Gasteiger partial charge in [0.2, 0.25) is 15.9 Å². The molecule has 36 heavy (non-hydrogen) atoms. The first-order valence-corrected chi connectivity index (χ1v) is 13.8. The summed E-state index contributed by atoms with van der Waals surface area (Å²) in [6, 6.07) is 7.15. The van der Waals surface area contributed by atoms with Crippen molar-refractivity contribution >= 4 is 49.7 Å². The molecule has 13 heteroatoms. The Morgan fingerprint density at radius 1 is 1.19 bits per heavy atom. The summed E-state index contributed by atoms with van der Waals surface area (Å²) >= 11 is 7.43. The third-order valence-corrected chi connectivity index (χ3v) is 7.80. The number of hydrogen-bond acceptors (Lipinski definition) is 9. The van der Waals surface area contributed by atoms with E-state index in [9.17, 15) is 13.2 Å². The van der Waals surface area contributed by atoms with Gasteiger partial charge in [-0.25, -0.2) is 18.4 Å². The van der Waals surface area contributed by atoms with Crippen molar-refractivity contribution in [2.75, 3.05) is 36.6 Å². The fourth-order valence-electron chi connectivity index (χ4n) is 3.34. The molecule has 1 amide bonds. The number of halogens is 1. The number of nitrogens with zero attached hydrogens (tertiary/aromatic N) is 2. The van der Waals surface area contributed by atoms with Crippen LogP contribution < -0.4 is 24.8 Å². The summed E-state index contributed by atoms with van der Waals surface area (Å²) in [4.78, 5) is 20.5. The predicted molar refractivity (Wildman–Crippen MR) is 143 cm³/mol. The van der Waals surface area contributed by atoms with Crippen LogP contribution in [-0.4, -0.2) is 50.8 Å². The van der Waals surface area contributed by atoms with E-state index >= 15 is 0 Å². The van der Waals surface area contributed by atoms with E-state index in [1.54, 1.807) is 33.3 Å². The van der Waals surface area contributed by atoms with Crippen LogP contribution in [0.4, 0.5) is 10.8 Å². The third-order valence-electron chi connectivity index (χ3n) is 5.02. The smallest absolute Gasteiger partial charge is 0.232 e. The van der Waals surface area contributed by atoms with Crippen molar-refractivity contribution < 1.29 is 22.7 Å². The molecular formula is C23H28ClN5O5S2. The molecule has 0 radical (unpaired) electrons. The zero-order valence-corrected chi connectivity index (χ0v) is 22.7. The van der Waals surface area contributed by atoms with Crippen LogP contribution in [0.2, 0.25) is 5.15 Å². The maximum Gasteiger partial charge on any atom is 0.232 e. The Morgan fingerprint density at radius 2 is 1.97 bits per heavy atom. The highest BCUT2D eigenvalue weighted by atomic mass is 35.5. The van der Waals surface area contributed by atoms with Gasteiger partial charge in [-0.1, -0.05) is 29.0 Å². The van der Waals surface area contributed by atoms with E-state index in [-0.39, 0.29) is 22.5 Å². The molecule has 2 aromatic heterocycles. The Balaban J connectivity index is 1.58. The molecule has 0 aliphatic heterocycles. The lowest BCUT2D eigenvalue weighted by atomic mass is 10.2. The molecule has 1 aromatic carbocycles. The van der Waals surface area contributed by atoms with E-state index < -0.39 is 10.0 Å². The predicted octanol–water partition coefficient (Wildman–Crippen LogP) is 4.06. The monoisotopic (exact) mass is 553 g/mol. The van der Waals surface area contributed by atoms with Gasteiger partial charge < -0.3 is 20.1 Å². The number of benzene rings is 1. The molecule has 194 valence electrons. The topological polar surface area (TPSA) is 132 Å². The Bertz CT molecular complexity index is 1330. The van der Waals surface area contributed by atoms with Gasteiger partial charge in [0.15, 0.2) is 10.3 Å². The van der Waals surface area contributed by atoms with Gasteiger partial charge in [-0.15, -0.1) is 0 Å². The molecule has 3 aromatic rings. The maximum absolute atomic E-state index is 12.7. The molecule has 0 saturated carbocycles. The Morgan fingerprint density at radius 3 is 2.67 bits per heavy atom. The van der Waals surface area contributed by atoms with Gasteiger partial charge in [0.25, 0.3) is 0 Å². The number of aromatic nitrogens is 2. The number of anilines is 2. The molecule has 0 atom stereocenters. The molecular weight excluding hydrogens is 526 g/mol. The minimum Gasteiger partial charge on any atom is -0.497 e. The van der Waals surface area contributed by atoms with E-state index in [4.69, 9.17) is 21.1 Å². The lowest BCUT2D eigenvalue weighted by Gasteiger charge is -2.12. The van der Waals surface area contributed by atoms with Crippen LogP contribution in [0.25, 0.3) is 10.4 Å². The second-order valence-electron chi connectivity index (χ2n) is 7.81.